The number of aliphatic hydroxyl groups excluding tert-OH is 2. The van der Waals surface area contributed by atoms with Crippen LogP contribution >= 0.6 is 0 Å². The van der Waals surface area contributed by atoms with Gasteiger partial charge in [0.05, 0.1) is 6.61 Å². The van der Waals surface area contributed by atoms with Crippen molar-refractivity contribution in [2.45, 2.75) is 38.8 Å². The highest BCUT2D eigenvalue weighted by Gasteiger charge is 2.27. The third-order valence-electron chi connectivity index (χ3n) is 3.38. The lowest BCUT2D eigenvalue weighted by Crippen LogP contribution is -2.52. The van der Waals surface area contributed by atoms with Gasteiger partial charge in [-0.3, -0.25) is 4.90 Å². The average Bonchev–Trinajstić information content (AvgIpc) is 2.26. The van der Waals surface area contributed by atoms with E-state index in [4.69, 9.17) is 10.2 Å². The summed E-state index contributed by atoms with van der Waals surface area (Å²) in [5, 5.41) is 21.2. The smallest absolute Gasteiger partial charge is 0.0556 e. The monoisotopic (exact) mass is 230 g/mol. The highest BCUT2D eigenvalue weighted by molar-refractivity contribution is 4.84. The molecular weight excluding hydrogens is 204 g/mol. The molecule has 0 radical (unpaired) electrons. The van der Waals surface area contributed by atoms with Gasteiger partial charge in [0.25, 0.3) is 0 Å². The van der Waals surface area contributed by atoms with E-state index in [9.17, 15) is 0 Å². The van der Waals surface area contributed by atoms with E-state index in [0.717, 1.165) is 25.9 Å². The summed E-state index contributed by atoms with van der Waals surface area (Å²) < 4.78 is 0. The van der Waals surface area contributed by atoms with Crippen LogP contribution in [0.1, 0.15) is 26.7 Å². The molecule has 1 aliphatic heterocycles. The third-order valence-corrected chi connectivity index (χ3v) is 3.38. The second-order valence-corrected chi connectivity index (χ2v) is 5.04. The first-order valence-corrected chi connectivity index (χ1v) is 6.36. The molecule has 2 atom stereocenters. The first kappa shape index (κ1) is 13.9. The van der Waals surface area contributed by atoms with Crippen molar-refractivity contribution >= 4 is 0 Å². The predicted molar refractivity (Wildman–Crippen MR) is 65.4 cm³/mol. The Kier molecular flexibility index (Phi) is 6.28. The lowest BCUT2D eigenvalue weighted by atomic mass is 9.91. The molecular formula is C12H26N2O2. The maximum atomic E-state index is 9.03. The topological polar surface area (TPSA) is 55.7 Å². The molecule has 4 heteroatoms. The third kappa shape index (κ3) is 4.37. The van der Waals surface area contributed by atoms with E-state index >= 15 is 0 Å². The van der Waals surface area contributed by atoms with E-state index in [1.807, 2.05) is 0 Å². The van der Waals surface area contributed by atoms with Crippen LogP contribution in [0.15, 0.2) is 0 Å². The number of aliphatic hydroxyl groups is 2. The predicted octanol–water partition coefficient (Wildman–Crippen LogP) is 0.0496. The summed E-state index contributed by atoms with van der Waals surface area (Å²) in [7, 11) is 0. The highest BCUT2D eigenvalue weighted by Crippen LogP contribution is 2.21. The molecule has 1 fully saturated rings. The summed E-state index contributed by atoms with van der Waals surface area (Å²) in [5.41, 5.74) is 0. The largest absolute Gasteiger partial charge is 0.396 e. The van der Waals surface area contributed by atoms with Crippen LogP contribution in [0.4, 0.5) is 0 Å². The van der Waals surface area contributed by atoms with Crippen LogP contribution in [-0.4, -0.2) is 60.0 Å². The minimum atomic E-state index is 0.197. The summed E-state index contributed by atoms with van der Waals surface area (Å²) >= 11 is 0. The number of nitrogens with one attached hydrogen (secondary N) is 1. The molecule has 1 rings (SSSR count). The van der Waals surface area contributed by atoms with Gasteiger partial charge in [-0.15, -0.1) is 0 Å². The molecule has 0 saturated carbocycles. The number of rotatable bonds is 6. The van der Waals surface area contributed by atoms with Gasteiger partial charge >= 0.3 is 0 Å². The van der Waals surface area contributed by atoms with Gasteiger partial charge in [0.2, 0.25) is 0 Å². The Morgan fingerprint density at radius 1 is 1.25 bits per heavy atom. The van der Waals surface area contributed by atoms with E-state index in [1.54, 1.807) is 0 Å². The molecule has 0 aromatic carbocycles. The molecule has 4 nitrogen and oxygen atoms in total. The maximum Gasteiger partial charge on any atom is 0.0556 e. The summed E-state index contributed by atoms with van der Waals surface area (Å²) in [6, 6.07) is 1.01. The van der Waals surface area contributed by atoms with Crippen molar-refractivity contribution in [3.8, 4) is 0 Å². The molecule has 16 heavy (non-hydrogen) atoms. The number of hydrogen-bond acceptors (Lipinski definition) is 4. The Labute approximate surface area is 98.6 Å². The van der Waals surface area contributed by atoms with Crippen LogP contribution in [0.2, 0.25) is 0 Å². The first-order valence-electron chi connectivity index (χ1n) is 6.36. The van der Waals surface area contributed by atoms with Crippen molar-refractivity contribution in [1.82, 2.24) is 10.2 Å². The van der Waals surface area contributed by atoms with Crippen molar-refractivity contribution in [1.29, 1.82) is 0 Å². The van der Waals surface area contributed by atoms with Crippen LogP contribution in [0, 0.1) is 5.92 Å². The van der Waals surface area contributed by atoms with Gasteiger partial charge in [-0.25, -0.2) is 0 Å². The zero-order chi connectivity index (χ0) is 12.0. The van der Waals surface area contributed by atoms with Crippen molar-refractivity contribution in [2.75, 3.05) is 32.8 Å². The molecule has 0 spiro atoms. The molecule has 0 amide bonds. The van der Waals surface area contributed by atoms with E-state index in [2.05, 4.69) is 24.1 Å². The Hall–Kier alpha value is -0.160. The van der Waals surface area contributed by atoms with Crippen LogP contribution < -0.4 is 5.32 Å². The van der Waals surface area contributed by atoms with Gasteiger partial charge in [-0.1, -0.05) is 0 Å². The van der Waals surface area contributed by atoms with Gasteiger partial charge in [0.15, 0.2) is 0 Å². The quantitative estimate of drug-likeness (QED) is 0.603. The van der Waals surface area contributed by atoms with Gasteiger partial charge in [0, 0.05) is 38.3 Å². The maximum absolute atomic E-state index is 9.03. The molecule has 96 valence electrons. The van der Waals surface area contributed by atoms with Gasteiger partial charge < -0.3 is 15.5 Å². The molecule has 1 saturated heterocycles. The molecule has 0 aromatic heterocycles. The fourth-order valence-corrected chi connectivity index (χ4v) is 2.47. The Morgan fingerprint density at radius 3 is 2.56 bits per heavy atom. The number of piperidine rings is 1. The van der Waals surface area contributed by atoms with E-state index in [0.29, 0.717) is 24.5 Å². The van der Waals surface area contributed by atoms with Crippen LogP contribution in [0.25, 0.3) is 0 Å². The minimum Gasteiger partial charge on any atom is -0.396 e. The summed E-state index contributed by atoms with van der Waals surface area (Å²) in [5.74, 6) is 0.581. The normalized spacial score (nSPS) is 27.6. The summed E-state index contributed by atoms with van der Waals surface area (Å²) in [4.78, 5) is 2.46. The number of hydrogen-bond donors (Lipinski definition) is 3. The fraction of sp³-hybridized carbons (Fsp3) is 1.00. The molecule has 2 unspecified atom stereocenters. The fourth-order valence-electron chi connectivity index (χ4n) is 2.47. The van der Waals surface area contributed by atoms with Crippen molar-refractivity contribution in [2.24, 2.45) is 5.92 Å². The standard InChI is InChI=1S/C12H26N2O2/c1-10(2)14-8-11(3-5-15)7-12(9-14)13-4-6-16/h10-13,15-16H,3-9H2,1-2H3. The van der Waals surface area contributed by atoms with E-state index < -0.39 is 0 Å². The zero-order valence-electron chi connectivity index (χ0n) is 10.5. The summed E-state index contributed by atoms with van der Waals surface area (Å²) in [6.45, 7) is 7.72. The van der Waals surface area contributed by atoms with Gasteiger partial charge in [0.1, 0.15) is 0 Å². The number of nitrogens with zero attached hydrogens (tertiary/aromatic N) is 1. The second kappa shape index (κ2) is 7.22. The lowest BCUT2D eigenvalue weighted by Gasteiger charge is -2.40. The van der Waals surface area contributed by atoms with Gasteiger partial charge in [-0.05, 0) is 32.6 Å². The van der Waals surface area contributed by atoms with Crippen LogP contribution in [0.5, 0.6) is 0 Å². The Bertz CT molecular complexity index is 188. The molecule has 1 heterocycles. The lowest BCUT2D eigenvalue weighted by molar-refractivity contribution is 0.0946. The minimum absolute atomic E-state index is 0.197. The zero-order valence-corrected chi connectivity index (χ0v) is 10.5. The molecule has 0 aliphatic carbocycles. The SMILES string of the molecule is CC(C)N1CC(CCO)CC(NCCO)C1. The molecule has 1 aliphatic rings. The van der Waals surface area contributed by atoms with Crippen LogP contribution in [-0.2, 0) is 0 Å². The van der Waals surface area contributed by atoms with Crippen molar-refractivity contribution in [3.05, 3.63) is 0 Å². The van der Waals surface area contributed by atoms with E-state index in [-0.39, 0.29) is 13.2 Å². The Morgan fingerprint density at radius 2 is 2.00 bits per heavy atom. The summed E-state index contributed by atoms with van der Waals surface area (Å²) in [6.07, 6.45) is 2.00. The first-order chi connectivity index (χ1) is 7.67. The molecule has 0 aromatic rings. The number of likely N-dealkylation sites (tertiary alicyclic amines) is 1. The Balaban J connectivity index is 2.45. The van der Waals surface area contributed by atoms with E-state index in [1.165, 1.54) is 0 Å². The van der Waals surface area contributed by atoms with Crippen molar-refractivity contribution in [3.63, 3.8) is 0 Å². The highest BCUT2D eigenvalue weighted by atomic mass is 16.3. The van der Waals surface area contributed by atoms with Gasteiger partial charge in [-0.2, -0.15) is 0 Å². The van der Waals surface area contributed by atoms with Crippen LogP contribution in [0.3, 0.4) is 0 Å². The average molecular weight is 230 g/mol. The van der Waals surface area contributed by atoms with Crippen molar-refractivity contribution < 1.29 is 10.2 Å². The molecule has 3 N–H and O–H groups in total. The second-order valence-electron chi connectivity index (χ2n) is 5.04. The molecule has 0 bridgehead atoms.